The predicted octanol–water partition coefficient (Wildman–Crippen LogP) is 4.13. The minimum Gasteiger partial charge on any atom is -0.360 e. The second-order valence-corrected chi connectivity index (χ2v) is 9.45. The molecule has 1 heterocycles. The number of sulfonamides is 1. The molecule has 1 aromatic heterocycles. The molecule has 0 spiro atoms. The summed E-state index contributed by atoms with van der Waals surface area (Å²) in [6.07, 6.45) is 1.34. The zero-order valence-electron chi connectivity index (χ0n) is 18.1. The number of pyridine rings is 1. The number of carbonyl (C=O) groups is 1. The van der Waals surface area contributed by atoms with Crippen LogP contribution in [0.5, 0.6) is 0 Å². The van der Waals surface area contributed by atoms with E-state index in [1.54, 1.807) is 25.1 Å². The number of aromatic amines is 1. The van der Waals surface area contributed by atoms with Gasteiger partial charge in [0.15, 0.2) is 0 Å². The lowest BCUT2D eigenvalue weighted by Crippen LogP contribution is -2.31. The molecule has 0 fully saturated rings. The van der Waals surface area contributed by atoms with Crippen LogP contribution in [0, 0.1) is 6.92 Å². The molecular formula is C25H23N3O4S. The van der Waals surface area contributed by atoms with Crippen LogP contribution in [0.2, 0.25) is 0 Å². The summed E-state index contributed by atoms with van der Waals surface area (Å²) in [5.41, 5.74) is 1.92. The summed E-state index contributed by atoms with van der Waals surface area (Å²) in [5.74, 6) is -0.541. The molecule has 4 rings (SSSR count). The fourth-order valence-electron chi connectivity index (χ4n) is 3.52. The Morgan fingerprint density at radius 3 is 2.39 bits per heavy atom. The average Bonchev–Trinajstić information content (AvgIpc) is 2.81. The van der Waals surface area contributed by atoms with Crippen molar-refractivity contribution in [3.05, 3.63) is 106 Å². The number of anilines is 1. The van der Waals surface area contributed by atoms with Crippen LogP contribution >= 0.6 is 0 Å². The zero-order valence-corrected chi connectivity index (χ0v) is 18.9. The number of para-hydroxylation sites is 1. The van der Waals surface area contributed by atoms with Gasteiger partial charge in [-0.1, -0.05) is 48.5 Å². The first-order valence-corrected chi connectivity index (χ1v) is 11.8. The van der Waals surface area contributed by atoms with Gasteiger partial charge in [0, 0.05) is 17.1 Å². The Labute approximate surface area is 191 Å². The van der Waals surface area contributed by atoms with Gasteiger partial charge in [0.1, 0.15) is 5.56 Å². The summed E-state index contributed by atoms with van der Waals surface area (Å²) >= 11 is 0. The monoisotopic (exact) mass is 461 g/mol. The second-order valence-electron chi connectivity index (χ2n) is 7.77. The summed E-state index contributed by atoms with van der Waals surface area (Å²) in [6.45, 7) is 3.62. The number of H-pyrrole nitrogens is 1. The van der Waals surface area contributed by atoms with Crippen LogP contribution in [0.15, 0.2) is 88.7 Å². The molecule has 0 saturated heterocycles. The number of nitrogens with one attached hydrogen (secondary N) is 3. The van der Waals surface area contributed by atoms with Crippen molar-refractivity contribution in [2.75, 3.05) is 4.72 Å². The van der Waals surface area contributed by atoms with E-state index in [1.165, 1.54) is 24.4 Å². The fraction of sp³-hybridized carbons (Fsp3) is 0.120. The summed E-state index contributed by atoms with van der Waals surface area (Å²) in [7, 11) is -3.94. The molecule has 0 unspecified atom stereocenters. The van der Waals surface area contributed by atoms with E-state index in [0.29, 0.717) is 11.2 Å². The van der Waals surface area contributed by atoms with Crippen molar-refractivity contribution in [3.63, 3.8) is 0 Å². The van der Waals surface area contributed by atoms with E-state index >= 15 is 0 Å². The molecule has 7 nitrogen and oxygen atoms in total. The lowest BCUT2D eigenvalue weighted by atomic mass is 10.1. The van der Waals surface area contributed by atoms with E-state index in [4.69, 9.17) is 0 Å². The molecule has 3 aromatic carbocycles. The highest BCUT2D eigenvalue weighted by atomic mass is 32.2. The van der Waals surface area contributed by atoms with Crippen molar-refractivity contribution in [3.8, 4) is 0 Å². The molecule has 3 N–H and O–H groups in total. The molecule has 0 aliphatic carbocycles. The quantitative estimate of drug-likeness (QED) is 0.401. The molecule has 0 aliphatic rings. The van der Waals surface area contributed by atoms with E-state index in [1.807, 2.05) is 43.3 Å². The predicted molar refractivity (Wildman–Crippen MR) is 129 cm³/mol. The number of benzene rings is 3. The van der Waals surface area contributed by atoms with Crippen molar-refractivity contribution < 1.29 is 13.2 Å². The van der Waals surface area contributed by atoms with Gasteiger partial charge in [-0.15, -0.1) is 0 Å². The number of carbonyl (C=O) groups excluding carboxylic acids is 1. The molecule has 0 bridgehead atoms. The van der Waals surface area contributed by atoms with Crippen molar-refractivity contribution in [2.24, 2.45) is 0 Å². The Bertz CT molecular complexity index is 1500. The number of hydrogen-bond donors (Lipinski definition) is 3. The third-order valence-electron chi connectivity index (χ3n) is 5.44. The smallest absolute Gasteiger partial charge is 0.261 e. The second kappa shape index (κ2) is 8.91. The van der Waals surface area contributed by atoms with E-state index in [0.717, 1.165) is 11.1 Å². The van der Waals surface area contributed by atoms with Crippen LogP contribution in [0.4, 0.5) is 5.69 Å². The Kier molecular flexibility index (Phi) is 6.02. The van der Waals surface area contributed by atoms with E-state index in [-0.39, 0.29) is 21.9 Å². The zero-order chi connectivity index (χ0) is 23.6. The van der Waals surface area contributed by atoms with Gasteiger partial charge in [-0.05, 0) is 49.2 Å². The highest BCUT2D eigenvalue weighted by Crippen LogP contribution is 2.21. The van der Waals surface area contributed by atoms with Crippen molar-refractivity contribution in [2.45, 2.75) is 24.8 Å². The van der Waals surface area contributed by atoms with Crippen LogP contribution in [-0.2, 0) is 10.0 Å². The molecule has 168 valence electrons. The average molecular weight is 462 g/mol. The van der Waals surface area contributed by atoms with Gasteiger partial charge in [-0.25, -0.2) is 8.42 Å². The largest absolute Gasteiger partial charge is 0.360 e. The van der Waals surface area contributed by atoms with Crippen molar-refractivity contribution in [1.29, 1.82) is 0 Å². The molecule has 8 heteroatoms. The molecule has 1 atom stereocenters. The Balaban J connectivity index is 1.66. The Hall–Kier alpha value is -3.91. The van der Waals surface area contributed by atoms with Crippen LogP contribution in [-0.4, -0.2) is 19.3 Å². The van der Waals surface area contributed by atoms with Gasteiger partial charge >= 0.3 is 0 Å². The number of rotatable bonds is 6. The van der Waals surface area contributed by atoms with Gasteiger partial charge in [0.2, 0.25) is 5.43 Å². The molecular weight excluding hydrogens is 438 g/mol. The molecule has 1 amide bonds. The molecule has 0 radical (unpaired) electrons. The maximum atomic E-state index is 13.1. The SMILES string of the molecule is Cc1ccccc1NS(=O)(=O)c1ccc2[nH]cc(C(=O)N[C@H](C)c3ccccc3)c(=O)c2c1. The first-order valence-electron chi connectivity index (χ1n) is 10.4. The van der Waals surface area contributed by atoms with Crippen molar-refractivity contribution in [1.82, 2.24) is 10.3 Å². The highest BCUT2D eigenvalue weighted by molar-refractivity contribution is 7.92. The van der Waals surface area contributed by atoms with Gasteiger partial charge in [0.25, 0.3) is 15.9 Å². The number of aromatic nitrogens is 1. The van der Waals surface area contributed by atoms with Gasteiger partial charge < -0.3 is 10.3 Å². The first-order chi connectivity index (χ1) is 15.8. The topological polar surface area (TPSA) is 108 Å². The summed E-state index contributed by atoms with van der Waals surface area (Å²) in [6, 6.07) is 20.3. The lowest BCUT2D eigenvalue weighted by Gasteiger charge is -2.14. The number of aryl methyl sites for hydroxylation is 1. The minimum absolute atomic E-state index is 0.0704. The van der Waals surface area contributed by atoms with Crippen molar-refractivity contribution >= 4 is 32.5 Å². The highest BCUT2D eigenvalue weighted by Gasteiger charge is 2.19. The van der Waals surface area contributed by atoms with Gasteiger partial charge in [-0.2, -0.15) is 0 Å². The Morgan fingerprint density at radius 1 is 0.970 bits per heavy atom. The number of amides is 1. The molecule has 0 saturated carbocycles. The third kappa shape index (κ3) is 4.65. The molecule has 4 aromatic rings. The maximum absolute atomic E-state index is 13.1. The standard InChI is InChI=1S/C25H23N3O4S/c1-16-8-6-7-11-22(16)28-33(31,32)19-12-13-23-20(14-19)24(29)21(15-26-23)25(30)27-17(2)18-9-4-3-5-10-18/h3-15,17,28H,1-2H3,(H,26,29)(H,27,30)/t17-/m1/s1. The first kappa shape index (κ1) is 22.3. The van der Waals surface area contributed by atoms with Gasteiger partial charge in [0.05, 0.1) is 16.6 Å². The normalized spacial score (nSPS) is 12.3. The number of fused-ring (bicyclic) bond motifs is 1. The molecule has 0 aliphatic heterocycles. The minimum atomic E-state index is -3.94. The van der Waals surface area contributed by atoms with Crippen LogP contribution < -0.4 is 15.5 Å². The van der Waals surface area contributed by atoms with Gasteiger partial charge in [-0.3, -0.25) is 14.3 Å². The van der Waals surface area contributed by atoms with Crippen LogP contribution in [0.25, 0.3) is 10.9 Å². The lowest BCUT2D eigenvalue weighted by molar-refractivity contribution is 0.0938. The Morgan fingerprint density at radius 2 is 1.67 bits per heavy atom. The summed E-state index contributed by atoms with van der Waals surface area (Å²) in [4.78, 5) is 28.7. The maximum Gasteiger partial charge on any atom is 0.261 e. The fourth-order valence-corrected chi connectivity index (χ4v) is 4.68. The molecule has 33 heavy (non-hydrogen) atoms. The number of hydrogen-bond acceptors (Lipinski definition) is 4. The summed E-state index contributed by atoms with van der Waals surface area (Å²) in [5, 5.41) is 2.93. The third-order valence-corrected chi connectivity index (χ3v) is 6.81. The van der Waals surface area contributed by atoms with E-state index < -0.39 is 21.4 Å². The van der Waals surface area contributed by atoms with Crippen LogP contribution in [0.1, 0.15) is 34.5 Å². The van der Waals surface area contributed by atoms with E-state index in [2.05, 4.69) is 15.0 Å². The summed E-state index contributed by atoms with van der Waals surface area (Å²) < 4.78 is 28.4. The van der Waals surface area contributed by atoms with Crippen LogP contribution in [0.3, 0.4) is 0 Å². The van der Waals surface area contributed by atoms with E-state index in [9.17, 15) is 18.0 Å².